The van der Waals surface area contributed by atoms with Crippen molar-refractivity contribution in [1.82, 2.24) is 5.32 Å². The molecule has 1 atom stereocenters. The lowest BCUT2D eigenvalue weighted by atomic mass is 9.79. The molecule has 1 fully saturated rings. The first-order chi connectivity index (χ1) is 16.0. The summed E-state index contributed by atoms with van der Waals surface area (Å²) in [5, 5.41) is 2.73. The summed E-state index contributed by atoms with van der Waals surface area (Å²) >= 11 is 5.33. The zero-order valence-corrected chi connectivity index (χ0v) is 21.4. The fourth-order valence-corrected chi connectivity index (χ4v) is 5.08. The van der Waals surface area contributed by atoms with Crippen LogP contribution in [0, 0.1) is 6.92 Å². The van der Waals surface area contributed by atoms with E-state index in [2.05, 4.69) is 50.2 Å². The zero-order chi connectivity index (χ0) is 24.8. The maximum Gasteiger partial charge on any atom is 0.270 e. The predicted octanol–water partition coefficient (Wildman–Crippen LogP) is 4.95. The van der Waals surface area contributed by atoms with E-state index in [1.807, 2.05) is 13.8 Å². The smallest absolute Gasteiger partial charge is 0.270 e. The summed E-state index contributed by atoms with van der Waals surface area (Å²) in [6.07, 6.45) is 2.71. The van der Waals surface area contributed by atoms with Crippen molar-refractivity contribution >= 4 is 46.6 Å². The molecule has 2 aromatic carbocycles. The van der Waals surface area contributed by atoms with E-state index < -0.39 is 11.8 Å². The number of carbonyl (C=O) groups is 2. The quantitative estimate of drug-likeness (QED) is 0.384. The van der Waals surface area contributed by atoms with Gasteiger partial charge in [-0.3, -0.25) is 19.8 Å². The van der Waals surface area contributed by atoms with Crippen molar-refractivity contribution in [3.05, 3.63) is 58.7 Å². The number of carbonyl (C=O) groups excluding carboxylic acids is 2. The van der Waals surface area contributed by atoms with Crippen molar-refractivity contribution in [3.8, 4) is 5.75 Å². The van der Waals surface area contributed by atoms with Crippen molar-refractivity contribution in [1.29, 1.82) is 0 Å². The van der Waals surface area contributed by atoms with Crippen LogP contribution in [0.5, 0.6) is 5.75 Å². The number of fused-ring (bicyclic) bond motifs is 1. The molecule has 0 radical (unpaired) electrons. The molecule has 2 amide bonds. The minimum absolute atomic E-state index is 0.0580. The number of nitrogens with zero attached hydrogens (tertiary/aromatic N) is 2. The second-order valence-electron chi connectivity index (χ2n) is 9.63. The summed E-state index contributed by atoms with van der Waals surface area (Å²) in [7, 11) is 2.12. The molecule has 1 N–H and O–H groups in total. The molecule has 0 bridgehead atoms. The molecule has 0 aromatic heterocycles. The highest BCUT2D eigenvalue weighted by Crippen LogP contribution is 2.43. The molecule has 2 heterocycles. The second-order valence-corrected chi connectivity index (χ2v) is 10.0. The van der Waals surface area contributed by atoms with Crippen LogP contribution in [0.3, 0.4) is 0 Å². The SMILES string of the molecule is CCOc1ccc(N2C(=O)/C(=C/c3cc4c(cc3C)N(C)C(C)(C)C[C@@H]4C)C(=O)NC2=S)cc1. The van der Waals surface area contributed by atoms with Gasteiger partial charge in [0.1, 0.15) is 11.3 Å². The van der Waals surface area contributed by atoms with Crippen molar-refractivity contribution in [2.24, 2.45) is 0 Å². The van der Waals surface area contributed by atoms with Crippen LogP contribution in [0.1, 0.15) is 56.7 Å². The summed E-state index contributed by atoms with van der Waals surface area (Å²) in [5.74, 6) is 0.137. The molecule has 2 aromatic rings. The number of benzene rings is 2. The van der Waals surface area contributed by atoms with Crippen LogP contribution in [-0.4, -0.2) is 36.1 Å². The fraction of sp³-hybridized carbons (Fsp3) is 0.370. The zero-order valence-electron chi connectivity index (χ0n) is 20.6. The highest BCUT2D eigenvalue weighted by Gasteiger charge is 2.36. The number of hydrogen-bond donors (Lipinski definition) is 1. The molecule has 0 aliphatic carbocycles. The van der Waals surface area contributed by atoms with Crippen LogP contribution >= 0.6 is 12.2 Å². The molecule has 178 valence electrons. The molecule has 2 aliphatic heterocycles. The van der Waals surface area contributed by atoms with Crippen molar-refractivity contribution in [3.63, 3.8) is 0 Å². The van der Waals surface area contributed by atoms with Gasteiger partial charge in [-0.1, -0.05) is 6.92 Å². The van der Waals surface area contributed by atoms with Gasteiger partial charge in [0.15, 0.2) is 5.11 Å². The topological polar surface area (TPSA) is 61.9 Å². The maximum absolute atomic E-state index is 13.4. The van der Waals surface area contributed by atoms with Gasteiger partial charge >= 0.3 is 0 Å². The molecule has 4 rings (SSSR count). The maximum atomic E-state index is 13.4. The van der Waals surface area contributed by atoms with Crippen molar-refractivity contribution < 1.29 is 14.3 Å². The van der Waals surface area contributed by atoms with Crippen LogP contribution in [0.4, 0.5) is 11.4 Å². The molecule has 0 spiro atoms. The number of ether oxygens (including phenoxy) is 1. The van der Waals surface area contributed by atoms with Gasteiger partial charge in [-0.05, 0) is 111 Å². The van der Waals surface area contributed by atoms with E-state index in [1.165, 1.54) is 16.2 Å². The molecule has 34 heavy (non-hydrogen) atoms. The third-order valence-corrected chi connectivity index (χ3v) is 7.11. The average molecular weight is 478 g/mol. The summed E-state index contributed by atoms with van der Waals surface area (Å²) in [5.41, 5.74) is 4.97. The van der Waals surface area contributed by atoms with E-state index in [4.69, 9.17) is 17.0 Å². The van der Waals surface area contributed by atoms with Crippen molar-refractivity contribution in [2.75, 3.05) is 23.5 Å². The Bertz CT molecular complexity index is 1200. The Labute approximate surface area is 206 Å². The van der Waals surface area contributed by atoms with Gasteiger partial charge in [-0.2, -0.15) is 0 Å². The van der Waals surface area contributed by atoms with Gasteiger partial charge in [0.25, 0.3) is 11.8 Å². The van der Waals surface area contributed by atoms with Crippen molar-refractivity contribution in [2.45, 2.75) is 52.5 Å². The van der Waals surface area contributed by atoms with E-state index in [9.17, 15) is 9.59 Å². The Balaban J connectivity index is 1.72. The summed E-state index contributed by atoms with van der Waals surface area (Å²) in [4.78, 5) is 29.9. The first-order valence-electron chi connectivity index (χ1n) is 11.6. The van der Waals surface area contributed by atoms with Gasteiger partial charge in [0, 0.05) is 18.3 Å². The fourth-order valence-electron chi connectivity index (χ4n) is 4.80. The molecule has 2 aliphatic rings. The first kappa shape index (κ1) is 24.0. The van der Waals surface area contributed by atoms with Crippen LogP contribution in [0.15, 0.2) is 42.0 Å². The number of nitrogens with one attached hydrogen (secondary N) is 1. The van der Waals surface area contributed by atoms with E-state index in [0.717, 1.165) is 17.5 Å². The van der Waals surface area contributed by atoms with E-state index in [-0.39, 0.29) is 16.2 Å². The predicted molar refractivity (Wildman–Crippen MR) is 141 cm³/mol. The lowest BCUT2D eigenvalue weighted by Crippen LogP contribution is -2.54. The number of anilines is 2. The minimum atomic E-state index is -0.486. The third-order valence-electron chi connectivity index (χ3n) is 6.83. The Morgan fingerprint density at radius 2 is 1.88 bits per heavy atom. The normalized spacial score (nSPS) is 20.9. The largest absolute Gasteiger partial charge is 0.494 e. The Morgan fingerprint density at radius 3 is 2.53 bits per heavy atom. The summed E-state index contributed by atoms with van der Waals surface area (Å²) in [6, 6.07) is 11.3. The van der Waals surface area contributed by atoms with E-state index in [0.29, 0.717) is 24.0 Å². The molecule has 0 saturated carbocycles. The molecule has 1 saturated heterocycles. The number of rotatable bonds is 4. The standard InChI is InChI=1S/C27H31N3O3S/c1-7-33-20-10-8-19(9-11-20)30-25(32)22(24(31)28-26(30)34)14-18-13-21-17(3)15-27(4,5)29(6)23(21)12-16(18)2/h8-14,17H,7,15H2,1-6H3,(H,28,31,34)/b22-14+/t17-/m0/s1. The Hall–Kier alpha value is -3.19. The first-order valence-corrected chi connectivity index (χ1v) is 12.0. The van der Waals surface area contributed by atoms with Gasteiger partial charge in [0.2, 0.25) is 0 Å². The van der Waals surface area contributed by atoms with Crippen LogP contribution in [-0.2, 0) is 9.59 Å². The van der Waals surface area contributed by atoms with E-state index >= 15 is 0 Å². The van der Waals surface area contributed by atoms with Crippen LogP contribution < -0.4 is 19.9 Å². The number of aryl methyl sites for hydroxylation is 1. The Kier molecular flexibility index (Phi) is 6.25. The van der Waals surface area contributed by atoms with Gasteiger partial charge in [-0.25, -0.2) is 0 Å². The number of amides is 2. The van der Waals surface area contributed by atoms with Crippen LogP contribution in [0.25, 0.3) is 6.08 Å². The molecular weight excluding hydrogens is 446 g/mol. The molecular formula is C27H31N3O3S. The monoisotopic (exact) mass is 477 g/mol. The van der Waals surface area contributed by atoms with Gasteiger partial charge < -0.3 is 9.64 Å². The minimum Gasteiger partial charge on any atom is -0.494 e. The Morgan fingerprint density at radius 1 is 1.21 bits per heavy atom. The van der Waals surface area contributed by atoms with Gasteiger partial charge in [-0.15, -0.1) is 0 Å². The third kappa shape index (κ3) is 4.20. The van der Waals surface area contributed by atoms with Gasteiger partial charge in [0.05, 0.1) is 12.3 Å². The highest BCUT2D eigenvalue weighted by molar-refractivity contribution is 7.80. The molecule has 7 heteroatoms. The lowest BCUT2D eigenvalue weighted by Gasteiger charge is -2.45. The highest BCUT2D eigenvalue weighted by atomic mass is 32.1. The van der Waals surface area contributed by atoms with E-state index in [1.54, 1.807) is 30.3 Å². The second kappa shape index (κ2) is 8.87. The van der Waals surface area contributed by atoms with Crippen LogP contribution in [0.2, 0.25) is 0 Å². The average Bonchev–Trinajstić information content (AvgIpc) is 2.76. The number of thiocarbonyl (C=S) groups is 1. The molecule has 6 nitrogen and oxygen atoms in total. The number of hydrogen-bond acceptors (Lipinski definition) is 5. The lowest BCUT2D eigenvalue weighted by molar-refractivity contribution is -0.122. The summed E-state index contributed by atoms with van der Waals surface area (Å²) < 4.78 is 5.49. The summed E-state index contributed by atoms with van der Waals surface area (Å²) in [6.45, 7) is 11.2. The molecule has 0 unspecified atom stereocenters.